The van der Waals surface area contributed by atoms with Gasteiger partial charge in [-0.05, 0) is 0 Å². The predicted molar refractivity (Wildman–Crippen MR) is 34.2 cm³/mol. The van der Waals surface area contributed by atoms with E-state index in [1.165, 1.54) is 0 Å². The van der Waals surface area contributed by atoms with Crippen LogP contribution in [0.15, 0.2) is 0 Å². The molecule has 0 heterocycles. The molecule has 0 fully saturated rings. The van der Waals surface area contributed by atoms with Crippen molar-refractivity contribution in [2.75, 3.05) is 13.1 Å². The van der Waals surface area contributed by atoms with E-state index in [1.54, 1.807) is 0 Å². The molecule has 1 nitrogen and oxygen atoms in total. The van der Waals surface area contributed by atoms with E-state index in [2.05, 4.69) is 0 Å². The Bertz CT molecular complexity index is 142. The number of hydrogen-bond donors (Lipinski definition) is 0. The van der Waals surface area contributed by atoms with Crippen LogP contribution in [-0.2, 0) is 0 Å². The fraction of sp³-hybridized carbons (Fsp3) is 1.00. The van der Waals surface area contributed by atoms with E-state index < -0.39 is 34.8 Å². The second-order valence-corrected chi connectivity index (χ2v) is 8.81. The molecule has 0 saturated heterocycles. The number of halogens is 5. The summed E-state index contributed by atoms with van der Waals surface area (Å²) in [4.78, 5) is 0. The van der Waals surface area contributed by atoms with E-state index in [0.717, 1.165) is 13.8 Å². The van der Waals surface area contributed by atoms with Crippen LogP contribution in [0.3, 0.4) is 0 Å². The van der Waals surface area contributed by atoms with Crippen molar-refractivity contribution in [1.29, 1.82) is 0 Å². The molecule has 0 aliphatic carbocycles. The summed E-state index contributed by atoms with van der Waals surface area (Å²) in [5.41, 5.74) is 0. The molecule has 0 bridgehead atoms. The van der Waals surface area contributed by atoms with E-state index in [0.29, 0.717) is 0 Å². The number of nitrogens with zero attached hydrogens (tertiary/aromatic N) is 1. The molecule has 11 heavy (non-hydrogen) atoms. The molecule has 0 spiro atoms. The Morgan fingerprint density at radius 3 is 1.18 bits per heavy atom. The Morgan fingerprint density at radius 1 is 0.909 bits per heavy atom. The Morgan fingerprint density at radius 2 is 1.18 bits per heavy atom. The predicted octanol–water partition coefficient (Wildman–Crippen LogP) is 2.51. The van der Waals surface area contributed by atoms with Crippen LogP contribution in [0, 0.1) is 0 Å². The van der Waals surface area contributed by atoms with Crippen molar-refractivity contribution >= 4 is 18.5 Å². The zero-order valence-corrected chi connectivity index (χ0v) is 8.49. The number of rotatable bonds is 3. The van der Waals surface area contributed by atoms with Crippen LogP contribution in [-0.4, -0.2) is 34.8 Å². The summed E-state index contributed by atoms with van der Waals surface area (Å²) in [5, 5.41) is 0. The van der Waals surface area contributed by atoms with Crippen LogP contribution >= 0.6 is 0 Å². The van der Waals surface area contributed by atoms with Gasteiger partial charge in [0.25, 0.3) is 0 Å². The molecule has 0 atom stereocenters. The van der Waals surface area contributed by atoms with Gasteiger partial charge in [-0.15, -0.1) is 0 Å². The maximum absolute atomic E-state index is 11.9. The van der Waals surface area contributed by atoms with E-state index in [9.17, 15) is 14.5 Å². The Hall–Kier alpha value is 0.400. The average Bonchev–Trinajstić information content (AvgIpc) is 1.60. The van der Waals surface area contributed by atoms with E-state index in [4.69, 9.17) is 0 Å². The molecule has 0 aromatic rings. The normalized spacial score (nSPS) is 19.6. The van der Waals surface area contributed by atoms with E-state index in [1.807, 2.05) is 0 Å². The van der Waals surface area contributed by atoms with Crippen LogP contribution in [0.1, 0.15) is 13.8 Å². The van der Waals surface area contributed by atoms with Crippen LogP contribution < -0.4 is 0 Å². The van der Waals surface area contributed by atoms with Gasteiger partial charge in [0, 0.05) is 0 Å². The van der Waals surface area contributed by atoms with Crippen molar-refractivity contribution < 1.29 is 14.5 Å². The average molecular weight is 295 g/mol. The summed E-state index contributed by atoms with van der Waals surface area (Å²) in [6.07, 6.45) is 0. The zero-order valence-electron chi connectivity index (χ0n) is 6.16. The summed E-state index contributed by atoms with van der Waals surface area (Å²) in [5.74, 6) is 0. The van der Waals surface area contributed by atoms with Crippen molar-refractivity contribution in [1.82, 2.24) is 3.15 Å². The van der Waals surface area contributed by atoms with Gasteiger partial charge in [0.1, 0.15) is 0 Å². The minimum absolute atomic E-state index is 0.665. The molecule has 0 N–H and O–H groups in total. The fourth-order valence-electron chi connectivity index (χ4n) is 0.712. The third-order valence-corrected chi connectivity index (χ3v) is 5.45. The molecule has 0 aliphatic rings. The third kappa shape index (κ3) is 3.54. The molecular weight excluding hydrogens is 285 g/mol. The van der Waals surface area contributed by atoms with Gasteiger partial charge in [0.15, 0.2) is 0 Å². The first-order chi connectivity index (χ1) is 4.51. The molecule has 0 amide bonds. The zero-order chi connectivity index (χ0) is 9.40. The van der Waals surface area contributed by atoms with Gasteiger partial charge in [0.2, 0.25) is 0 Å². The fourth-order valence-corrected chi connectivity index (χ4v) is 3.50. The van der Waals surface area contributed by atoms with Crippen LogP contribution in [0.4, 0.5) is 14.5 Å². The first-order valence-electron chi connectivity index (χ1n) is 3.00. The van der Waals surface area contributed by atoms with Gasteiger partial charge in [-0.1, -0.05) is 0 Å². The third-order valence-electron chi connectivity index (χ3n) is 1.19. The van der Waals surface area contributed by atoms with Crippen molar-refractivity contribution in [3.05, 3.63) is 0 Å². The summed E-state index contributed by atoms with van der Waals surface area (Å²) in [6, 6.07) is 0. The van der Waals surface area contributed by atoms with Gasteiger partial charge in [-0.2, -0.15) is 0 Å². The van der Waals surface area contributed by atoms with Gasteiger partial charge < -0.3 is 0 Å². The van der Waals surface area contributed by atoms with Gasteiger partial charge in [0.05, 0.1) is 0 Å². The molecule has 0 unspecified atom stereocenters. The van der Waals surface area contributed by atoms with Crippen LogP contribution in [0.25, 0.3) is 0 Å². The summed E-state index contributed by atoms with van der Waals surface area (Å²) >= 11 is -10.2. The standard InChI is InChI=1S/C4H10F5NTe/c1-3-10(4-2)11(5,6,7,8)9/h3-4H2,1-2H3. The Labute approximate surface area is 63.5 Å². The quantitative estimate of drug-likeness (QED) is 0.571. The summed E-state index contributed by atoms with van der Waals surface area (Å²) in [7, 11) is 0. The van der Waals surface area contributed by atoms with Crippen molar-refractivity contribution in [3.63, 3.8) is 0 Å². The minimum atomic E-state index is -10.2. The van der Waals surface area contributed by atoms with Crippen molar-refractivity contribution in [2.24, 2.45) is 0 Å². The molecule has 0 aliphatic heterocycles. The van der Waals surface area contributed by atoms with Gasteiger partial charge >= 0.3 is 63.1 Å². The second kappa shape index (κ2) is 2.21. The Kier molecular flexibility index (Phi) is 2.29. The number of hydrogen-bond acceptors (Lipinski definition) is 1. The van der Waals surface area contributed by atoms with Crippen LogP contribution in [0.2, 0.25) is 0 Å². The SMILES string of the molecule is CCN(CC)[Te](F)(F)(F)(F)F. The second-order valence-electron chi connectivity index (χ2n) is 2.04. The van der Waals surface area contributed by atoms with Crippen molar-refractivity contribution in [3.8, 4) is 0 Å². The van der Waals surface area contributed by atoms with Crippen LogP contribution in [0.5, 0.6) is 0 Å². The van der Waals surface area contributed by atoms with Crippen molar-refractivity contribution in [2.45, 2.75) is 13.8 Å². The molecule has 72 valence electrons. The van der Waals surface area contributed by atoms with E-state index in [-0.39, 0.29) is 0 Å². The first kappa shape index (κ1) is 11.4. The Balaban J connectivity index is 4.81. The van der Waals surface area contributed by atoms with Gasteiger partial charge in [-0.3, -0.25) is 0 Å². The summed E-state index contributed by atoms with van der Waals surface area (Å²) in [6.45, 7) is 0.757. The maximum atomic E-state index is 11.9. The summed E-state index contributed by atoms with van der Waals surface area (Å²) < 4.78 is 58.7. The van der Waals surface area contributed by atoms with Gasteiger partial charge in [-0.25, -0.2) is 0 Å². The molecule has 7 heteroatoms. The molecule has 0 rings (SSSR count). The first-order valence-corrected chi connectivity index (χ1v) is 8.45. The molecule has 0 radical (unpaired) electrons. The van der Waals surface area contributed by atoms with E-state index >= 15 is 0 Å². The molecule has 0 aromatic carbocycles. The monoisotopic (exact) mass is 297 g/mol. The molecular formula is C4H10F5NTe. The molecule has 0 aromatic heterocycles. The topological polar surface area (TPSA) is 3.24 Å². The molecule has 0 saturated carbocycles.